The Balaban J connectivity index is 1.71. The molecule has 1 saturated heterocycles. The first kappa shape index (κ1) is 19.8. The van der Waals surface area contributed by atoms with Crippen LogP contribution >= 0.6 is 23.4 Å². The number of nitrogens with one attached hydrogen (secondary N) is 1. The Bertz CT molecular complexity index is 806. The number of thioether (sulfide) groups is 1. The minimum absolute atomic E-state index is 0.0408. The molecule has 2 aromatic carbocycles. The molecule has 0 bridgehead atoms. The Hall–Kier alpha value is -1.98. The third-order valence-electron chi connectivity index (χ3n) is 4.36. The molecule has 0 aliphatic carbocycles. The lowest BCUT2D eigenvalue weighted by atomic mass is 10.1. The highest BCUT2D eigenvalue weighted by Gasteiger charge is 2.32. The summed E-state index contributed by atoms with van der Waals surface area (Å²) in [4.78, 5) is 26.4. The largest absolute Gasteiger partial charge is 0.352 e. The molecule has 0 radical (unpaired) electrons. The van der Waals surface area contributed by atoms with Crippen LogP contribution in [0.3, 0.4) is 0 Å². The molecular formula is C21H23ClN2O2S. The fourth-order valence-electron chi connectivity index (χ4n) is 2.89. The maximum absolute atomic E-state index is 12.4. The van der Waals surface area contributed by atoms with Crippen LogP contribution in [0.1, 0.15) is 40.7 Å². The van der Waals surface area contributed by atoms with E-state index in [1.807, 2.05) is 53.4 Å². The Morgan fingerprint density at radius 3 is 2.48 bits per heavy atom. The molecule has 2 amide bonds. The van der Waals surface area contributed by atoms with E-state index < -0.39 is 0 Å². The molecule has 1 fully saturated rings. The summed E-state index contributed by atoms with van der Waals surface area (Å²) >= 11 is 7.56. The molecule has 1 aliphatic heterocycles. The van der Waals surface area contributed by atoms with Crippen LogP contribution in [0, 0.1) is 5.92 Å². The average molecular weight is 403 g/mol. The van der Waals surface area contributed by atoms with Gasteiger partial charge in [-0.1, -0.05) is 49.7 Å². The molecule has 0 unspecified atom stereocenters. The summed E-state index contributed by atoms with van der Waals surface area (Å²) < 4.78 is 0. The molecule has 6 heteroatoms. The lowest BCUT2D eigenvalue weighted by Gasteiger charge is -2.24. The van der Waals surface area contributed by atoms with Crippen molar-refractivity contribution in [1.82, 2.24) is 10.2 Å². The Kier molecular flexibility index (Phi) is 6.45. The van der Waals surface area contributed by atoms with Gasteiger partial charge in [0.2, 0.25) is 5.91 Å². The second-order valence-electron chi connectivity index (χ2n) is 7.04. The van der Waals surface area contributed by atoms with Gasteiger partial charge < -0.3 is 10.2 Å². The number of amides is 2. The number of rotatable bonds is 6. The van der Waals surface area contributed by atoms with Crippen molar-refractivity contribution >= 4 is 35.2 Å². The smallest absolute Gasteiger partial charge is 0.251 e. The van der Waals surface area contributed by atoms with E-state index in [2.05, 4.69) is 19.2 Å². The lowest BCUT2D eigenvalue weighted by Crippen LogP contribution is -2.28. The monoisotopic (exact) mass is 402 g/mol. The molecule has 3 rings (SSSR count). The average Bonchev–Trinajstić information content (AvgIpc) is 3.02. The van der Waals surface area contributed by atoms with Crippen molar-refractivity contribution in [2.75, 3.05) is 12.3 Å². The Morgan fingerprint density at radius 1 is 1.19 bits per heavy atom. The molecule has 142 valence electrons. The second-order valence-corrected chi connectivity index (χ2v) is 8.54. The first-order valence-electron chi connectivity index (χ1n) is 8.97. The number of benzene rings is 2. The van der Waals surface area contributed by atoms with Crippen molar-refractivity contribution in [3.8, 4) is 0 Å². The van der Waals surface area contributed by atoms with Gasteiger partial charge in [-0.15, -0.1) is 11.8 Å². The van der Waals surface area contributed by atoms with Gasteiger partial charge in [-0.2, -0.15) is 0 Å². The number of hydrogen-bond donors (Lipinski definition) is 1. The van der Waals surface area contributed by atoms with Crippen molar-refractivity contribution in [2.24, 2.45) is 5.92 Å². The zero-order valence-corrected chi connectivity index (χ0v) is 17.0. The third kappa shape index (κ3) is 5.05. The summed E-state index contributed by atoms with van der Waals surface area (Å²) in [6, 6.07) is 15.1. The predicted octanol–water partition coefficient (Wildman–Crippen LogP) is 4.50. The zero-order valence-electron chi connectivity index (χ0n) is 15.4. The molecule has 0 saturated carbocycles. The van der Waals surface area contributed by atoms with Crippen LogP contribution in [0.2, 0.25) is 5.02 Å². The van der Waals surface area contributed by atoms with Crippen LogP contribution < -0.4 is 5.32 Å². The van der Waals surface area contributed by atoms with Gasteiger partial charge in [0.1, 0.15) is 5.37 Å². The van der Waals surface area contributed by atoms with Crippen molar-refractivity contribution in [3.05, 3.63) is 70.2 Å². The highest BCUT2D eigenvalue weighted by molar-refractivity contribution is 8.00. The fraction of sp³-hybridized carbons (Fsp3) is 0.333. The number of halogens is 1. The maximum Gasteiger partial charge on any atom is 0.251 e. The summed E-state index contributed by atoms with van der Waals surface area (Å²) in [7, 11) is 0. The summed E-state index contributed by atoms with van der Waals surface area (Å²) in [5.41, 5.74) is 2.71. The quantitative estimate of drug-likeness (QED) is 0.773. The zero-order chi connectivity index (χ0) is 19.4. The molecule has 2 aromatic rings. The van der Waals surface area contributed by atoms with Crippen LogP contribution in [0.4, 0.5) is 0 Å². The van der Waals surface area contributed by atoms with Crippen LogP contribution in [-0.2, 0) is 11.3 Å². The predicted molar refractivity (Wildman–Crippen MR) is 111 cm³/mol. The molecular weight excluding hydrogens is 380 g/mol. The minimum atomic E-state index is -0.0663. The topological polar surface area (TPSA) is 49.4 Å². The van der Waals surface area contributed by atoms with Gasteiger partial charge in [0.25, 0.3) is 5.91 Å². The third-order valence-corrected chi connectivity index (χ3v) is 5.87. The number of hydrogen-bond acceptors (Lipinski definition) is 3. The first-order valence-corrected chi connectivity index (χ1v) is 10.4. The van der Waals surface area contributed by atoms with Crippen LogP contribution in [0.25, 0.3) is 0 Å². The molecule has 1 N–H and O–H groups in total. The first-order chi connectivity index (χ1) is 12.9. The fourth-order valence-corrected chi connectivity index (χ4v) is 4.20. The SMILES string of the molecule is CC(C)CNC(=O)c1ccc([C@@H]2SCC(=O)N2Cc2ccc(Cl)cc2)cc1. The van der Waals surface area contributed by atoms with E-state index in [1.165, 1.54) is 0 Å². The van der Waals surface area contributed by atoms with Gasteiger partial charge in [-0.3, -0.25) is 9.59 Å². The Labute approximate surface area is 169 Å². The molecule has 0 spiro atoms. The highest BCUT2D eigenvalue weighted by atomic mass is 35.5. The summed E-state index contributed by atoms with van der Waals surface area (Å²) in [6.07, 6.45) is 0. The maximum atomic E-state index is 12.4. The van der Waals surface area contributed by atoms with Gasteiger partial charge in [-0.05, 0) is 41.3 Å². The number of carbonyl (C=O) groups is 2. The van der Waals surface area contributed by atoms with Gasteiger partial charge in [-0.25, -0.2) is 0 Å². The van der Waals surface area contributed by atoms with Gasteiger partial charge in [0.05, 0.1) is 5.75 Å². The molecule has 27 heavy (non-hydrogen) atoms. The summed E-state index contributed by atoms with van der Waals surface area (Å²) in [5, 5.41) is 3.56. The number of nitrogens with zero attached hydrogens (tertiary/aromatic N) is 1. The molecule has 4 nitrogen and oxygen atoms in total. The van der Waals surface area contributed by atoms with Crippen LogP contribution in [0.15, 0.2) is 48.5 Å². The minimum Gasteiger partial charge on any atom is -0.352 e. The van der Waals surface area contributed by atoms with Gasteiger partial charge in [0.15, 0.2) is 0 Å². The van der Waals surface area contributed by atoms with Gasteiger partial charge >= 0.3 is 0 Å². The standard InChI is InChI=1S/C21H23ClN2O2S/c1-14(2)11-23-20(26)16-5-7-17(8-6-16)21-24(19(25)13-27-21)12-15-3-9-18(22)10-4-15/h3-10,14,21H,11-13H2,1-2H3,(H,23,26)/t21-/m0/s1. The van der Waals surface area contributed by atoms with E-state index in [9.17, 15) is 9.59 Å². The lowest BCUT2D eigenvalue weighted by molar-refractivity contribution is -0.128. The van der Waals surface area contributed by atoms with E-state index in [1.54, 1.807) is 11.8 Å². The van der Waals surface area contributed by atoms with E-state index >= 15 is 0 Å². The molecule has 0 aromatic heterocycles. The van der Waals surface area contributed by atoms with E-state index in [0.717, 1.165) is 11.1 Å². The van der Waals surface area contributed by atoms with Crippen molar-refractivity contribution in [1.29, 1.82) is 0 Å². The normalized spacial score (nSPS) is 16.8. The van der Waals surface area contributed by atoms with Crippen molar-refractivity contribution in [2.45, 2.75) is 25.8 Å². The van der Waals surface area contributed by atoms with Crippen LogP contribution in [-0.4, -0.2) is 29.0 Å². The molecule has 1 aliphatic rings. The van der Waals surface area contributed by atoms with E-state index in [0.29, 0.717) is 35.3 Å². The van der Waals surface area contributed by atoms with E-state index in [-0.39, 0.29) is 17.2 Å². The second kappa shape index (κ2) is 8.81. The van der Waals surface area contributed by atoms with Crippen molar-refractivity contribution < 1.29 is 9.59 Å². The highest BCUT2D eigenvalue weighted by Crippen LogP contribution is 2.39. The molecule has 1 heterocycles. The summed E-state index contributed by atoms with van der Waals surface area (Å²) in [5.74, 6) is 0.937. The Morgan fingerprint density at radius 2 is 1.85 bits per heavy atom. The van der Waals surface area contributed by atoms with Crippen LogP contribution in [0.5, 0.6) is 0 Å². The number of carbonyl (C=O) groups excluding carboxylic acids is 2. The van der Waals surface area contributed by atoms with Crippen molar-refractivity contribution in [3.63, 3.8) is 0 Å². The van der Waals surface area contributed by atoms with E-state index in [4.69, 9.17) is 11.6 Å². The summed E-state index contributed by atoms with van der Waals surface area (Å²) in [6.45, 7) is 5.33. The molecule has 1 atom stereocenters. The van der Waals surface area contributed by atoms with Gasteiger partial charge in [0, 0.05) is 23.7 Å².